The summed E-state index contributed by atoms with van der Waals surface area (Å²) in [7, 11) is 1.56. The third kappa shape index (κ3) is 2.33. The van der Waals surface area contributed by atoms with E-state index in [-0.39, 0.29) is 0 Å². The fraction of sp³-hybridized carbons (Fsp3) is 0.417. The van der Waals surface area contributed by atoms with Gasteiger partial charge < -0.3 is 14.9 Å². The van der Waals surface area contributed by atoms with Crippen LogP contribution in [0.1, 0.15) is 19.4 Å². The maximum absolute atomic E-state index is 10.8. The Morgan fingerprint density at radius 2 is 1.81 bits per heavy atom. The summed E-state index contributed by atoms with van der Waals surface area (Å²) in [5.41, 5.74) is -0.0823. The zero-order valence-corrected chi connectivity index (χ0v) is 9.60. The molecule has 1 atom stereocenters. The first kappa shape index (κ1) is 12.5. The second-order valence-electron chi connectivity index (χ2n) is 4.19. The van der Waals surface area contributed by atoms with Crippen LogP contribution in [0.2, 0.25) is 0 Å². The van der Waals surface area contributed by atoms with Gasteiger partial charge in [0.25, 0.3) is 0 Å². The van der Waals surface area contributed by atoms with Gasteiger partial charge in [-0.3, -0.25) is 0 Å². The Morgan fingerprint density at radius 1 is 1.31 bits per heavy atom. The van der Waals surface area contributed by atoms with Crippen molar-refractivity contribution in [1.29, 1.82) is 0 Å². The van der Waals surface area contributed by atoms with E-state index in [1.165, 1.54) is 0 Å². The van der Waals surface area contributed by atoms with E-state index >= 15 is 0 Å². The molecule has 0 saturated carbocycles. The number of ether oxygens (including phenoxy) is 1. The second-order valence-corrected chi connectivity index (χ2v) is 4.19. The molecule has 0 amide bonds. The SMILES string of the molecule is COc1ccc(C(C)(C)C(O)C(=O)O)cc1. The van der Waals surface area contributed by atoms with Crippen molar-refractivity contribution in [2.45, 2.75) is 25.4 Å². The molecule has 0 aliphatic carbocycles. The molecule has 4 nitrogen and oxygen atoms in total. The monoisotopic (exact) mass is 224 g/mol. The normalized spacial score (nSPS) is 13.2. The van der Waals surface area contributed by atoms with Crippen LogP contribution >= 0.6 is 0 Å². The average molecular weight is 224 g/mol. The molecule has 0 spiro atoms. The maximum atomic E-state index is 10.8. The lowest BCUT2D eigenvalue weighted by Crippen LogP contribution is -2.39. The fourth-order valence-corrected chi connectivity index (χ4v) is 1.49. The van der Waals surface area contributed by atoms with Crippen LogP contribution in [0.3, 0.4) is 0 Å². The van der Waals surface area contributed by atoms with Crippen molar-refractivity contribution in [3.05, 3.63) is 29.8 Å². The predicted octanol–water partition coefficient (Wildman–Crippen LogP) is 1.42. The van der Waals surface area contributed by atoms with Gasteiger partial charge >= 0.3 is 5.97 Å². The average Bonchev–Trinajstić information content (AvgIpc) is 2.28. The van der Waals surface area contributed by atoms with Crippen molar-refractivity contribution in [2.75, 3.05) is 7.11 Å². The highest BCUT2D eigenvalue weighted by molar-refractivity contribution is 5.74. The Kier molecular flexibility index (Phi) is 3.55. The van der Waals surface area contributed by atoms with Crippen molar-refractivity contribution in [1.82, 2.24) is 0 Å². The summed E-state index contributed by atoms with van der Waals surface area (Å²) in [6.45, 7) is 3.38. The number of hydrogen-bond acceptors (Lipinski definition) is 3. The molecule has 88 valence electrons. The van der Waals surface area contributed by atoms with Crippen LogP contribution in [-0.4, -0.2) is 29.4 Å². The van der Waals surface area contributed by atoms with Gasteiger partial charge in [-0.05, 0) is 17.7 Å². The molecule has 0 aliphatic rings. The van der Waals surface area contributed by atoms with E-state index in [1.807, 2.05) is 0 Å². The summed E-state index contributed by atoms with van der Waals surface area (Å²) in [4.78, 5) is 10.8. The largest absolute Gasteiger partial charge is 0.497 e. The van der Waals surface area contributed by atoms with Gasteiger partial charge in [-0.15, -0.1) is 0 Å². The molecule has 0 aromatic heterocycles. The Bertz CT molecular complexity index is 367. The Balaban J connectivity index is 3.02. The molecule has 1 unspecified atom stereocenters. The van der Waals surface area contributed by atoms with E-state index in [2.05, 4.69) is 0 Å². The molecule has 2 N–H and O–H groups in total. The molecule has 1 aromatic carbocycles. The molecule has 1 rings (SSSR count). The van der Waals surface area contributed by atoms with Crippen molar-refractivity contribution in [2.24, 2.45) is 0 Å². The van der Waals surface area contributed by atoms with Crippen LogP contribution in [0.5, 0.6) is 5.75 Å². The number of carboxylic acids is 1. The van der Waals surface area contributed by atoms with E-state index < -0.39 is 17.5 Å². The number of aliphatic carboxylic acids is 1. The first-order valence-electron chi connectivity index (χ1n) is 4.95. The van der Waals surface area contributed by atoms with E-state index in [0.717, 1.165) is 5.56 Å². The quantitative estimate of drug-likeness (QED) is 0.811. The smallest absolute Gasteiger partial charge is 0.333 e. The van der Waals surface area contributed by atoms with Gasteiger partial charge in [0, 0.05) is 5.41 Å². The van der Waals surface area contributed by atoms with Crippen LogP contribution in [0.4, 0.5) is 0 Å². The van der Waals surface area contributed by atoms with E-state index in [4.69, 9.17) is 9.84 Å². The molecule has 0 aliphatic heterocycles. The number of aliphatic hydroxyl groups is 1. The van der Waals surface area contributed by atoms with Gasteiger partial charge in [0.2, 0.25) is 0 Å². The Labute approximate surface area is 94.5 Å². The Hall–Kier alpha value is -1.55. The molecule has 0 saturated heterocycles. The van der Waals surface area contributed by atoms with Crippen molar-refractivity contribution in [3.63, 3.8) is 0 Å². The van der Waals surface area contributed by atoms with Gasteiger partial charge in [0.15, 0.2) is 6.10 Å². The predicted molar refractivity (Wildman–Crippen MR) is 59.7 cm³/mol. The highest BCUT2D eigenvalue weighted by atomic mass is 16.5. The summed E-state index contributed by atoms with van der Waals surface area (Å²) < 4.78 is 5.01. The number of hydrogen-bond donors (Lipinski definition) is 2. The third-order valence-corrected chi connectivity index (χ3v) is 2.75. The molecule has 0 bridgehead atoms. The molecular weight excluding hydrogens is 208 g/mol. The lowest BCUT2D eigenvalue weighted by Gasteiger charge is -2.28. The zero-order chi connectivity index (χ0) is 12.3. The number of rotatable bonds is 4. The summed E-state index contributed by atoms with van der Waals surface area (Å²) >= 11 is 0. The lowest BCUT2D eigenvalue weighted by molar-refractivity contribution is -0.150. The van der Waals surface area contributed by atoms with Gasteiger partial charge in [-0.2, -0.15) is 0 Å². The van der Waals surface area contributed by atoms with Crippen LogP contribution < -0.4 is 4.74 Å². The van der Waals surface area contributed by atoms with Crippen molar-refractivity contribution >= 4 is 5.97 Å². The maximum Gasteiger partial charge on any atom is 0.333 e. The first-order valence-corrected chi connectivity index (χ1v) is 4.95. The molecular formula is C12H16O4. The van der Waals surface area contributed by atoms with E-state index in [9.17, 15) is 9.90 Å². The molecule has 16 heavy (non-hydrogen) atoms. The first-order chi connectivity index (χ1) is 7.39. The number of aliphatic hydroxyl groups excluding tert-OH is 1. The molecule has 4 heteroatoms. The fourth-order valence-electron chi connectivity index (χ4n) is 1.49. The van der Waals surface area contributed by atoms with E-state index in [1.54, 1.807) is 45.2 Å². The van der Waals surface area contributed by atoms with Crippen LogP contribution in [0.15, 0.2) is 24.3 Å². The standard InChI is InChI=1S/C12H16O4/c1-12(2,10(13)11(14)15)8-4-6-9(16-3)7-5-8/h4-7,10,13H,1-3H3,(H,14,15). The number of carboxylic acid groups (broad SMARTS) is 1. The van der Waals surface area contributed by atoms with E-state index in [0.29, 0.717) is 5.75 Å². The summed E-state index contributed by atoms with van der Waals surface area (Å²) in [6.07, 6.45) is -1.43. The van der Waals surface area contributed by atoms with Crippen molar-refractivity contribution < 1.29 is 19.7 Å². The van der Waals surface area contributed by atoms with Crippen LogP contribution in [0, 0.1) is 0 Å². The van der Waals surface area contributed by atoms with Crippen LogP contribution in [0.25, 0.3) is 0 Å². The minimum absolute atomic E-state index is 0.698. The number of carbonyl (C=O) groups is 1. The molecule has 0 radical (unpaired) electrons. The number of methoxy groups -OCH3 is 1. The summed E-state index contributed by atoms with van der Waals surface area (Å²) in [5, 5.41) is 18.4. The summed E-state index contributed by atoms with van der Waals surface area (Å²) in [6, 6.07) is 6.99. The minimum Gasteiger partial charge on any atom is -0.497 e. The highest BCUT2D eigenvalue weighted by Crippen LogP contribution is 2.28. The lowest BCUT2D eigenvalue weighted by atomic mass is 9.79. The topological polar surface area (TPSA) is 66.8 Å². The van der Waals surface area contributed by atoms with Gasteiger partial charge in [0.1, 0.15) is 5.75 Å². The third-order valence-electron chi connectivity index (χ3n) is 2.75. The van der Waals surface area contributed by atoms with Crippen molar-refractivity contribution in [3.8, 4) is 5.75 Å². The minimum atomic E-state index is -1.43. The number of benzene rings is 1. The Morgan fingerprint density at radius 3 is 2.19 bits per heavy atom. The van der Waals surface area contributed by atoms with Gasteiger partial charge in [-0.25, -0.2) is 4.79 Å². The van der Waals surface area contributed by atoms with Crippen LogP contribution in [-0.2, 0) is 10.2 Å². The molecule has 0 fully saturated rings. The molecule has 1 aromatic rings. The highest BCUT2D eigenvalue weighted by Gasteiger charge is 2.34. The zero-order valence-electron chi connectivity index (χ0n) is 9.60. The molecule has 0 heterocycles. The van der Waals surface area contributed by atoms with Gasteiger partial charge in [0.05, 0.1) is 7.11 Å². The summed E-state index contributed by atoms with van der Waals surface area (Å²) in [5.74, 6) is -0.523. The van der Waals surface area contributed by atoms with Gasteiger partial charge in [-0.1, -0.05) is 26.0 Å². The second kappa shape index (κ2) is 4.53.